The maximum Gasteiger partial charge on any atom is 0.393 e. The minimum absolute atomic E-state index is 0.0162. The maximum atomic E-state index is 13.0. The van der Waals surface area contributed by atoms with Crippen LogP contribution in [-0.4, -0.2) is 48.3 Å². The number of halogens is 6. The van der Waals surface area contributed by atoms with Crippen molar-refractivity contribution in [2.45, 2.75) is 51.1 Å². The minimum atomic E-state index is -4.18. The van der Waals surface area contributed by atoms with E-state index in [9.17, 15) is 26.3 Å². The van der Waals surface area contributed by atoms with Crippen molar-refractivity contribution < 1.29 is 26.3 Å². The quantitative estimate of drug-likeness (QED) is 0.629. The third-order valence-corrected chi connectivity index (χ3v) is 5.84. The highest BCUT2D eigenvalue weighted by atomic mass is 19.4. The zero-order chi connectivity index (χ0) is 20.4. The fraction of sp³-hybridized carbons (Fsp3) is 0.700. The standard InChI is InChI=1S/C20H26F6N2/c21-19(22,23)17-7-3-9-27(13-17)11-15-5-1-2-6-16(15)12-28-10-4-8-18(14-28)20(24,25)26/h1-2,5-6,17-18H,3-4,7-14H2/t17-,18-/m1/s1. The number of benzene rings is 1. The van der Waals surface area contributed by atoms with Crippen molar-refractivity contribution in [2.24, 2.45) is 11.8 Å². The molecule has 0 spiro atoms. The molecule has 1 aromatic rings. The Bertz CT molecular complexity index is 587. The number of hydrogen-bond acceptors (Lipinski definition) is 2. The Kier molecular flexibility index (Phi) is 6.59. The van der Waals surface area contributed by atoms with Crippen LogP contribution in [0.2, 0.25) is 0 Å². The van der Waals surface area contributed by atoms with Gasteiger partial charge >= 0.3 is 12.4 Å². The van der Waals surface area contributed by atoms with Crippen molar-refractivity contribution >= 4 is 0 Å². The van der Waals surface area contributed by atoms with Gasteiger partial charge in [0.05, 0.1) is 11.8 Å². The van der Waals surface area contributed by atoms with Crippen LogP contribution in [0.25, 0.3) is 0 Å². The lowest BCUT2D eigenvalue weighted by atomic mass is 9.95. The van der Waals surface area contributed by atoms with Crippen LogP contribution in [0.15, 0.2) is 24.3 Å². The smallest absolute Gasteiger partial charge is 0.298 e. The molecule has 2 atom stereocenters. The molecule has 0 saturated carbocycles. The summed E-state index contributed by atoms with van der Waals surface area (Å²) in [7, 11) is 0. The SMILES string of the molecule is FC(F)(F)[C@@H]1CCCN(Cc2ccccc2CN2CCC[C@@H](C(F)(F)F)C2)C1. The van der Waals surface area contributed by atoms with E-state index in [1.54, 1.807) is 0 Å². The van der Waals surface area contributed by atoms with Gasteiger partial charge in [0.1, 0.15) is 0 Å². The average molecular weight is 408 g/mol. The van der Waals surface area contributed by atoms with Gasteiger partial charge in [0.15, 0.2) is 0 Å². The first-order chi connectivity index (χ1) is 13.1. The topological polar surface area (TPSA) is 6.48 Å². The molecular weight excluding hydrogens is 382 g/mol. The van der Waals surface area contributed by atoms with Gasteiger partial charge in [-0.3, -0.25) is 9.80 Å². The van der Waals surface area contributed by atoms with Gasteiger partial charge in [0.25, 0.3) is 0 Å². The van der Waals surface area contributed by atoms with Crippen LogP contribution < -0.4 is 0 Å². The van der Waals surface area contributed by atoms with Crippen LogP contribution in [0.1, 0.15) is 36.8 Å². The molecule has 158 valence electrons. The molecule has 2 fully saturated rings. The fourth-order valence-electron chi connectivity index (χ4n) is 4.28. The predicted molar refractivity (Wildman–Crippen MR) is 94.6 cm³/mol. The van der Waals surface area contributed by atoms with E-state index in [1.807, 2.05) is 34.1 Å². The van der Waals surface area contributed by atoms with Gasteiger partial charge in [-0.2, -0.15) is 26.3 Å². The summed E-state index contributed by atoms with van der Waals surface area (Å²) in [5, 5.41) is 0. The average Bonchev–Trinajstić information content (AvgIpc) is 2.62. The summed E-state index contributed by atoms with van der Waals surface area (Å²) in [5.41, 5.74) is 1.80. The van der Waals surface area contributed by atoms with Crippen molar-refractivity contribution in [1.29, 1.82) is 0 Å². The van der Waals surface area contributed by atoms with Crippen LogP contribution in [0, 0.1) is 11.8 Å². The summed E-state index contributed by atoms with van der Waals surface area (Å²) in [6.07, 6.45) is -7.03. The van der Waals surface area contributed by atoms with Gasteiger partial charge in [-0.1, -0.05) is 24.3 Å². The van der Waals surface area contributed by atoms with Gasteiger partial charge in [-0.05, 0) is 49.9 Å². The minimum Gasteiger partial charge on any atom is -0.298 e. The molecule has 2 nitrogen and oxygen atoms in total. The van der Waals surface area contributed by atoms with Crippen molar-refractivity contribution in [3.63, 3.8) is 0 Å². The molecule has 0 amide bonds. The fourth-order valence-corrected chi connectivity index (χ4v) is 4.28. The summed E-state index contributed by atoms with van der Waals surface area (Å²) in [6, 6.07) is 7.41. The molecule has 8 heteroatoms. The van der Waals surface area contributed by atoms with E-state index in [-0.39, 0.29) is 25.9 Å². The van der Waals surface area contributed by atoms with E-state index in [0.717, 1.165) is 11.1 Å². The first kappa shape index (κ1) is 21.4. The number of nitrogens with zero attached hydrogens (tertiary/aromatic N) is 2. The lowest BCUT2D eigenvalue weighted by Gasteiger charge is -2.35. The van der Waals surface area contributed by atoms with Crippen LogP contribution in [0.3, 0.4) is 0 Å². The molecule has 0 radical (unpaired) electrons. The van der Waals surface area contributed by atoms with E-state index >= 15 is 0 Å². The first-order valence-electron chi connectivity index (χ1n) is 9.78. The third kappa shape index (κ3) is 5.63. The molecule has 0 bridgehead atoms. The zero-order valence-corrected chi connectivity index (χ0v) is 15.7. The lowest BCUT2D eigenvalue weighted by molar-refractivity contribution is -0.188. The number of likely N-dealkylation sites (tertiary alicyclic amines) is 2. The molecule has 0 aromatic heterocycles. The van der Waals surface area contributed by atoms with Gasteiger partial charge in [0.2, 0.25) is 0 Å². The van der Waals surface area contributed by atoms with Crippen LogP contribution >= 0.6 is 0 Å². The van der Waals surface area contributed by atoms with Crippen molar-refractivity contribution in [2.75, 3.05) is 26.2 Å². The highest BCUT2D eigenvalue weighted by Gasteiger charge is 2.42. The van der Waals surface area contributed by atoms with Crippen molar-refractivity contribution in [3.8, 4) is 0 Å². The van der Waals surface area contributed by atoms with Crippen molar-refractivity contribution in [3.05, 3.63) is 35.4 Å². The van der Waals surface area contributed by atoms with E-state index in [0.29, 0.717) is 39.0 Å². The number of alkyl halides is 6. The third-order valence-electron chi connectivity index (χ3n) is 5.84. The van der Waals surface area contributed by atoms with Gasteiger partial charge in [0, 0.05) is 26.2 Å². The van der Waals surface area contributed by atoms with Crippen LogP contribution in [-0.2, 0) is 13.1 Å². The Hall–Kier alpha value is -1.28. The molecule has 2 heterocycles. The molecule has 2 aliphatic heterocycles. The molecular formula is C20H26F6N2. The number of rotatable bonds is 4. The normalized spacial score (nSPS) is 25.8. The zero-order valence-electron chi connectivity index (χ0n) is 15.7. The molecule has 3 rings (SSSR count). The van der Waals surface area contributed by atoms with Gasteiger partial charge in [-0.25, -0.2) is 0 Å². The maximum absolute atomic E-state index is 13.0. The summed E-state index contributed by atoms with van der Waals surface area (Å²) >= 11 is 0. The molecule has 2 aliphatic rings. The molecule has 1 aromatic carbocycles. The largest absolute Gasteiger partial charge is 0.393 e. The molecule has 2 saturated heterocycles. The number of piperidine rings is 2. The Morgan fingerprint density at radius 3 is 1.46 bits per heavy atom. The van der Waals surface area contributed by atoms with Gasteiger partial charge in [-0.15, -0.1) is 0 Å². The Morgan fingerprint density at radius 1 is 0.714 bits per heavy atom. The highest BCUT2D eigenvalue weighted by Crippen LogP contribution is 2.35. The monoisotopic (exact) mass is 408 g/mol. The Labute approximate surface area is 161 Å². The summed E-state index contributed by atoms with van der Waals surface area (Å²) < 4.78 is 78.3. The van der Waals surface area contributed by atoms with Gasteiger partial charge < -0.3 is 0 Å². The van der Waals surface area contributed by atoms with Crippen LogP contribution in [0.4, 0.5) is 26.3 Å². The summed E-state index contributed by atoms with van der Waals surface area (Å²) in [5.74, 6) is -2.61. The van der Waals surface area contributed by atoms with E-state index in [2.05, 4.69) is 0 Å². The second-order valence-electron chi connectivity index (χ2n) is 8.00. The first-order valence-corrected chi connectivity index (χ1v) is 9.78. The summed E-state index contributed by atoms with van der Waals surface area (Å²) in [6.45, 7) is 2.00. The van der Waals surface area contributed by atoms with E-state index in [1.165, 1.54) is 0 Å². The lowest BCUT2D eigenvalue weighted by Crippen LogP contribution is -2.42. The number of hydrogen-bond donors (Lipinski definition) is 0. The Morgan fingerprint density at radius 2 is 1.11 bits per heavy atom. The summed E-state index contributed by atoms with van der Waals surface area (Å²) in [4.78, 5) is 3.63. The Balaban J connectivity index is 1.65. The highest BCUT2D eigenvalue weighted by molar-refractivity contribution is 5.27. The molecule has 0 aliphatic carbocycles. The van der Waals surface area contributed by atoms with E-state index in [4.69, 9.17) is 0 Å². The second kappa shape index (κ2) is 8.61. The van der Waals surface area contributed by atoms with E-state index < -0.39 is 24.2 Å². The molecule has 0 unspecified atom stereocenters. The second-order valence-corrected chi connectivity index (χ2v) is 8.00. The van der Waals surface area contributed by atoms with Crippen LogP contribution in [0.5, 0.6) is 0 Å². The van der Waals surface area contributed by atoms with Crippen molar-refractivity contribution in [1.82, 2.24) is 9.80 Å². The predicted octanol–water partition coefficient (Wildman–Crippen LogP) is 5.24. The molecule has 0 N–H and O–H groups in total. The molecule has 28 heavy (non-hydrogen) atoms.